The zero-order chi connectivity index (χ0) is 14.6. The van der Waals surface area contributed by atoms with E-state index in [0.717, 1.165) is 6.42 Å². The van der Waals surface area contributed by atoms with Gasteiger partial charge in [0.15, 0.2) is 0 Å². The van der Waals surface area contributed by atoms with Gasteiger partial charge in [-0.15, -0.1) is 11.3 Å². The van der Waals surface area contributed by atoms with E-state index in [1.54, 1.807) is 12.3 Å². The molecule has 0 unspecified atom stereocenters. The fourth-order valence-electron chi connectivity index (χ4n) is 2.90. The van der Waals surface area contributed by atoms with E-state index < -0.39 is 10.0 Å². The van der Waals surface area contributed by atoms with Crippen molar-refractivity contribution in [3.63, 3.8) is 0 Å². The van der Waals surface area contributed by atoms with Gasteiger partial charge in [-0.05, 0) is 30.2 Å². The second kappa shape index (κ2) is 7.02. The average Bonchev–Trinajstić information content (AvgIpc) is 2.81. The van der Waals surface area contributed by atoms with Gasteiger partial charge in [0.2, 0.25) is 10.0 Å². The Hall–Kier alpha value is -0.430. The van der Waals surface area contributed by atoms with Gasteiger partial charge in [0.05, 0.1) is 11.5 Å². The highest BCUT2D eigenvalue weighted by molar-refractivity contribution is 7.89. The summed E-state index contributed by atoms with van der Waals surface area (Å²) >= 11 is 1.30. The summed E-state index contributed by atoms with van der Waals surface area (Å²) in [7, 11) is -3.49. The number of aliphatic hydroxyl groups excluding tert-OH is 1. The number of thiophene rings is 1. The van der Waals surface area contributed by atoms with Crippen LogP contribution >= 0.6 is 11.3 Å². The zero-order valence-corrected chi connectivity index (χ0v) is 13.5. The van der Waals surface area contributed by atoms with E-state index in [1.807, 2.05) is 0 Å². The molecular formula is C14H23NO3S2. The first-order valence-electron chi connectivity index (χ1n) is 7.22. The molecule has 0 aromatic carbocycles. The predicted octanol–water partition coefficient (Wildman–Crippen LogP) is 2.80. The van der Waals surface area contributed by atoms with Gasteiger partial charge < -0.3 is 5.11 Å². The number of nitrogens with one attached hydrogen (secondary N) is 1. The highest BCUT2D eigenvalue weighted by Crippen LogP contribution is 2.28. The number of hydrogen-bond acceptors (Lipinski definition) is 4. The molecule has 4 nitrogen and oxygen atoms in total. The summed E-state index contributed by atoms with van der Waals surface area (Å²) in [5, 5.41) is 11.0. The minimum atomic E-state index is -3.49. The van der Waals surface area contributed by atoms with Gasteiger partial charge in [0.25, 0.3) is 0 Å². The molecule has 114 valence electrons. The quantitative estimate of drug-likeness (QED) is 0.848. The Bertz CT molecular complexity index is 531. The lowest BCUT2D eigenvalue weighted by Crippen LogP contribution is -2.27. The van der Waals surface area contributed by atoms with Gasteiger partial charge in [-0.25, -0.2) is 13.1 Å². The maximum absolute atomic E-state index is 12.3. The minimum Gasteiger partial charge on any atom is -0.391 e. The average molecular weight is 317 g/mol. The molecule has 0 amide bonds. The van der Waals surface area contributed by atoms with Crippen molar-refractivity contribution in [2.75, 3.05) is 6.54 Å². The van der Waals surface area contributed by atoms with Crippen molar-refractivity contribution >= 4 is 21.4 Å². The first-order valence-corrected chi connectivity index (χ1v) is 9.58. The van der Waals surface area contributed by atoms with Crippen LogP contribution in [0.15, 0.2) is 10.3 Å². The van der Waals surface area contributed by atoms with Crippen LogP contribution in [0.2, 0.25) is 0 Å². The van der Waals surface area contributed by atoms with Crippen LogP contribution in [0.25, 0.3) is 0 Å². The monoisotopic (exact) mass is 317 g/mol. The standard InChI is InChI=1S/C14H23NO3S2/c1-11-10-19-13(9-16)14(11)20(17,18)15-8-7-12-5-3-2-4-6-12/h10,12,15-16H,2-9H2,1H3. The molecule has 0 atom stereocenters. The predicted molar refractivity (Wildman–Crippen MR) is 81.4 cm³/mol. The third-order valence-corrected chi connectivity index (χ3v) is 6.88. The molecule has 2 rings (SSSR count). The van der Waals surface area contributed by atoms with E-state index in [2.05, 4.69) is 4.72 Å². The Labute approximate surface area is 125 Å². The molecule has 2 N–H and O–H groups in total. The van der Waals surface area contributed by atoms with Crippen molar-refractivity contribution < 1.29 is 13.5 Å². The third-order valence-electron chi connectivity index (χ3n) is 3.97. The number of aliphatic hydroxyl groups is 1. The Morgan fingerprint density at radius 2 is 2.05 bits per heavy atom. The summed E-state index contributed by atoms with van der Waals surface area (Å²) in [5.74, 6) is 0.660. The summed E-state index contributed by atoms with van der Waals surface area (Å²) < 4.78 is 27.3. The van der Waals surface area contributed by atoms with Gasteiger partial charge in [-0.2, -0.15) is 0 Å². The SMILES string of the molecule is Cc1csc(CO)c1S(=O)(=O)NCCC1CCCCC1. The number of hydrogen-bond donors (Lipinski definition) is 2. The smallest absolute Gasteiger partial charge is 0.242 e. The van der Waals surface area contributed by atoms with Crippen LogP contribution < -0.4 is 4.72 Å². The second-order valence-corrected chi connectivity index (χ2v) is 8.19. The van der Waals surface area contributed by atoms with Crippen LogP contribution in [0.3, 0.4) is 0 Å². The fraction of sp³-hybridized carbons (Fsp3) is 0.714. The molecule has 0 bridgehead atoms. The summed E-state index contributed by atoms with van der Waals surface area (Å²) in [4.78, 5) is 0.793. The van der Waals surface area contributed by atoms with Crippen molar-refractivity contribution in [3.8, 4) is 0 Å². The van der Waals surface area contributed by atoms with Crippen molar-refractivity contribution in [1.29, 1.82) is 0 Å². The van der Waals surface area contributed by atoms with Crippen LogP contribution in [0, 0.1) is 12.8 Å². The van der Waals surface area contributed by atoms with E-state index in [9.17, 15) is 13.5 Å². The van der Waals surface area contributed by atoms with E-state index in [1.165, 1.54) is 43.4 Å². The molecule has 1 aliphatic rings. The molecular weight excluding hydrogens is 294 g/mol. The maximum Gasteiger partial charge on any atom is 0.242 e. The van der Waals surface area contributed by atoms with Gasteiger partial charge in [-0.3, -0.25) is 0 Å². The zero-order valence-electron chi connectivity index (χ0n) is 11.9. The molecule has 20 heavy (non-hydrogen) atoms. The van der Waals surface area contributed by atoms with E-state index >= 15 is 0 Å². The van der Waals surface area contributed by atoms with Crippen LogP contribution in [0.4, 0.5) is 0 Å². The van der Waals surface area contributed by atoms with Crippen molar-refractivity contribution in [2.24, 2.45) is 5.92 Å². The van der Waals surface area contributed by atoms with Gasteiger partial charge in [0, 0.05) is 6.54 Å². The molecule has 1 saturated carbocycles. The lowest BCUT2D eigenvalue weighted by molar-refractivity contribution is 0.282. The van der Waals surface area contributed by atoms with E-state index in [4.69, 9.17) is 0 Å². The van der Waals surface area contributed by atoms with Crippen molar-refractivity contribution in [3.05, 3.63) is 15.8 Å². The summed E-state index contributed by atoms with van der Waals surface area (Å²) in [6.45, 7) is 2.04. The lowest BCUT2D eigenvalue weighted by Gasteiger charge is -2.21. The third kappa shape index (κ3) is 3.81. The normalized spacial score (nSPS) is 17.5. The Morgan fingerprint density at radius 1 is 1.35 bits per heavy atom. The number of sulfonamides is 1. The van der Waals surface area contributed by atoms with Crippen LogP contribution in [-0.2, 0) is 16.6 Å². The van der Waals surface area contributed by atoms with Gasteiger partial charge in [0.1, 0.15) is 4.90 Å². The first-order chi connectivity index (χ1) is 9.54. The molecule has 0 radical (unpaired) electrons. The lowest BCUT2D eigenvalue weighted by atomic mass is 9.87. The highest BCUT2D eigenvalue weighted by atomic mass is 32.2. The molecule has 1 aliphatic carbocycles. The van der Waals surface area contributed by atoms with Crippen LogP contribution in [-0.4, -0.2) is 20.1 Å². The largest absolute Gasteiger partial charge is 0.391 e. The van der Waals surface area contributed by atoms with Gasteiger partial charge >= 0.3 is 0 Å². The van der Waals surface area contributed by atoms with E-state index in [0.29, 0.717) is 22.9 Å². The molecule has 1 fully saturated rings. The van der Waals surface area contributed by atoms with Crippen molar-refractivity contribution in [1.82, 2.24) is 4.72 Å². The van der Waals surface area contributed by atoms with E-state index in [-0.39, 0.29) is 11.5 Å². The maximum atomic E-state index is 12.3. The first kappa shape index (κ1) is 15.9. The Kier molecular flexibility index (Phi) is 5.60. The molecule has 6 heteroatoms. The second-order valence-electron chi connectivity index (χ2n) is 5.52. The molecule has 0 saturated heterocycles. The molecule has 0 spiro atoms. The highest BCUT2D eigenvalue weighted by Gasteiger charge is 2.23. The summed E-state index contributed by atoms with van der Waals surface area (Å²) in [6.07, 6.45) is 7.22. The topological polar surface area (TPSA) is 66.4 Å². The number of rotatable bonds is 6. The summed E-state index contributed by atoms with van der Waals surface area (Å²) in [6, 6.07) is 0. The minimum absolute atomic E-state index is 0.225. The molecule has 1 aromatic heterocycles. The van der Waals surface area contributed by atoms with Crippen molar-refractivity contribution in [2.45, 2.75) is 57.0 Å². The van der Waals surface area contributed by atoms with Crippen LogP contribution in [0.1, 0.15) is 49.0 Å². The molecule has 0 aliphatic heterocycles. The molecule has 1 aromatic rings. The summed E-state index contributed by atoms with van der Waals surface area (Å²) in [5.41, 5.74) is 0.712. The van der Waals surface area contributed by atoms with Gasteiger partial charge in [-0.1, -0.05) is 32.1 Å². The molecule has 1 heterocycles. The number of aryl methyl sites for hydroxylation is 1. The van der Waals surface area contributed by atoms with Crippen LogP contribution in [0.5, 0.6) is 0 Å². The Morgan fingerprint density at radius 3 is 2.70 bits per heavy atom. The fourth-order valence-corrected chi connectivity index (χ4v) is 5.61. The Balaban J connectivity index is 1.95.